The van der Waals surface area contributed by atoms with Crippen LogP contribution in [0.3, 0.4) is 0 Å². The maximum absolute atomic E-state index is 10.8. The molecule has 0 aliphatic rings. The zero-order valence-electron chi connectivity index (χ0n) is 9.00. The first kappa shape index (κ1) is 11.7. The van der Waals surface area contributed by atoms with Crippen molar-refractivity contribution in [2.24, 2.45) is 0 Å². The fraction of sp³-hybridized carbons (Fsp3) is 0.182. The number of nitrogens with zero attached hydrogens (tertiary/aromatic N) is 2. The molecular weight excluding hydrogens is 238 g/mol. The Labute approximate surface area is 102 Å². The van der Waals surface area contributed by atoms with Gasteiger partial charge in [0.1, 0.15) is 0 Å². The molecule has 5 nitrogen and oxygen atoms in total. The van der Waals surface area contributed by atoms with Crippen LogP contribution in [0.2, 0.25) is 0 Å². The van der Waals surface area contributed by atoms with Gasteiger partial charge in [-0.25, -0.2) is 4.98 Å². The Morgan fingerprint density at radius 3 is 2.88 bits per heavy atom. The average molecular weight is 249 g/mol. The first-order valence-corrected chi connectivity index (χ1v) is 6.02. The topological polar surface area (TPSA) is 68.1 Å². The Hall–Kier alpha value is -1.79. The number of hydrogen-bond acceptors (Lipinski definition) is 5. The Balaban J connectivity index is 1.97. The van der Waals surface area contributed by atoms with Crippen LogP contribution in [-0.4, -0.2) is 9.91 Å². The summed E-state index contributed by atoms with van der Waals surface area (Å²) in [5, 5.41) is 15.9. The Kier molecular flexibility index (Phi) is 3.79. The number of para-hydroxylation sites is 1. The van der Waals surface area contributed by atoms with Crippen molar-refractivity contribution in [3.63, 3.8) is 0 Å². The summed E-state index contributed by atoms with van der Waals surface area (Å²) in [6, 6.07) is 6.74. The summed E-state index contributed by atoms with van der Waals surface area (Å²) < 4.78 is 0. The van der Waals surface area contributed by atoms with E-state index < -0.39 is 0 Å². The number of nitro benzene ring substituents is 1. The van der Waals surface area contributed by atoms with Gasteiger partial charge in [0.05, 0.1) is 16.1 Å². The van der Waals surface area contributed by atoms with Crippen molar-refractivity contribution in [3.8, 4) is 0 Å². The summed E-state index contributed by atoms with van der Waals surface area (Å²) in [6.07, 6.45) is 0. The van der Waals surface area contributed by atoms with Crippen LogP contribution >= 0.6 is 11.3 Å². The number of thiazole rings is 1. The normalized spacial score (nSPS) is 10.4. The minimum absolute atomic E-state index is 0.151. The van der Waals surface area contributed by atoms with Crippen molar-refractivity contribution in [1.82, 2.24) is 10.3 Å². The van der Waals surface area contributed by atoms with Gasteiger partial charge in [0.15, 0.2) is 0 Å². The summed E-state index contributed by atoms with van der Waals surface area (Å²) in [7, 11) is 0. The Bertz CT molecular complexity index is 499. The molecule has 0 atom stereocenters. The lowest BCUT2D eigenvalue weighted by Crippen LogP contribution is -2.13. The van der Waals surface area contributed by atoms with Crippen LogP contribution in [0.1, 0.15) is 11.3 Å². The van der Waals surface area contributed by atoms with Crippen LogP contribution in [0.15, 0.2) is 35.2 Å². The van der Waals surface area contributed by atoms with Gasteiger partial charge in [-0.15, -0.1) is 11.3 Å². The highest BCUT2D eigenvalue weighted by molar-refractivity contribution is 7.07. The first-order valence-electron chi connectivity index (χ1n) is 5.07. The van der Waals surface area contributed by atoms with E-state index in [1.807, 2.05) is 5.38 Å². The van der Waals surface area contributed by atoms with Gasteiger partial charge in [-0.2, -0.15) is 0 Å². The van der Waals surface area contributed by atoms with Crippen LogP contribution < -0.4 is 5.32 Å². The quantitative estimate of drug-likeness (QED) is 0.652. The predicted octanol–water partition coefficient (Wildman–Crippen LogP) is 2.34. The van der Waals surface area contributed by atoms with Crippen LogP contribution in [0.25, 0.3) is 0 Å². The van der Waals surface area contributed by atoms with Crippen molar-refractivity contribution < 1.29 is 4.92 Å². The Morgan fingerprint density at radius 1 is 1.35 bits per heavy atom. The lowest BCUT2D eigenvalue weighted by Gasteiger charge is -2.03. The molecule has 0 spiro atoms. The third-order valence-corrected chi connectivity index (χ3v) is 2.93. The molecule has 1 aromatic heterocycles. The van der Waals surface area contributed by atoms with Gasteiger partial charge < -0.3 is 5.32 Å². The lowest BCUT2D eigenvalue weighted by molar-refractivity contribution is -0.385. The molecule has 0 radical (unpaired) electrons. The van der Waals surface area contributed by atoms with Crippen LogP contribution in [0.5, 0.6) is 0 Å². The van der Waals surface area contributed by atoms with Crippen molar-refractivity contribution in [2.45, 2.75) is 13.1 Å². The third-order valence-electron chi connectivity index (χ3n) is 2.29. The molecule has 2 aromatic rings. The summed E-state index contributed by atoms with van der Waals surface area (Å²) in [5.41, 5.74) is 3.56. The van der Waals surface area contributed by atoms with E-state index in [2.05, 4.69) is 10.3 Å². The van der Waals surface area contributed by atoms with Crippen molar-refractivity contribution in [3.05, 3.63) is 56.5 Å². The molecule has 0 fully saturated rings. The van der Waals surface area contributed by atoms with Gasteiger partial charge >= 0.3 is 0 Å². The molecular formula is C11H11N3O2S. The minimum atomic E-state index is -0.361. The second kappa shape index (κ2) is 5.51. The second-order valence-corrected chi connectivity index (χ2v) is 4.19. The van der Waals surface area contributed by atoms with E-state index in [0.29, 0.717) is 18.7 Å². The molecule has 0 aliphatic carbocycles. The smallest absolute Gasteiger partial charge is 0.273 e. The van der Waals surface area contributed by atoms with Crippen molar-refractivity contribution in [1.29, 1.82) is 0 Å². The van der Waals surface area contributed by atoms with E-state index in [1.165, 1.54) is 17.4 Å². The minimum Gasteiger partial charge on any atom is -0.307 e. The summed E-state index contributed by atoms with van der Waals surface area (Å²) in [4.78, 5) is 14.5. The maximum atomic E-state index is 10.8. The molecule has 1 aromatic carbocycles. The molecule has 88 valence electrons. The second-order valence-electron chi connectivity index (χ2n) is 3.47. The number of nitro groups is 1. The van der Waals surface area contributed by atoms with Gasteiger partial charge in [-0.3, -0.25) is 10.1 Å². The van der Waals surface area contributed by atoms with Crippen molar-refractivity contribution in [2.75, 3.05) is 0 Å². The summed E-state index contributed by atoms with van der Waals surface area (Å²) >= 11 is 1.53. The first-order chi connectivity index (χ1) is 8.27. The third kappa shape index (κ3) is 3.08. The van der Waals surface area contributed by atoms with Crippen LogP contribution in [-0.2, 0) is 13.1 Å². The zero-order valence-corrected chi connectivity index (χ0v) is 9.81. The van der Waals surface area contributed by atoms with Gasteiger partial charge in [0.25, 0.3) is 5.69 Å². The highest BCUT2D eigenvalue weighted by atomic mass is 32.1. The van der Waals surface area contributed by atoms with Crippen LogP contribution in [0, 0.1) is 10.1 Å². The molecule has 1 heterocycles. The van der Waals surface area contributed by atoms with E-state index in [4.69, 9.17) is 0 Å². The van der Waals surface area contributed by atoms with E-state index in [0.717, 1.165) is 5.69 Å². The molecule has 6 heteroatoms. The number of nitrogens with one attached hydrogen (secondary N) is 1. The fourth-order valence-electron chi connectivity index (χ4n) is 1.49. The molecule has 2 rings (SSSR count). The number of benzene rings is 1. The van der Waals surface area contributed by atoms with E-state index in [-0.39, 0.29) is 10.6 Å². The number of hydrogen-bond donors (Lipinski definition) is 1. The summed E-state index contributed by atoms with van der Waals surface area (Å²) in [6.45, 7) is 1.09. The van der Waals surface area contributed by atoms with Crippen LogP contribution in [0.4, 0.5) is 5.69 Å². The molecule has 0 bridgehead atoms. The molecule has 0 saturated carbocycles. The lowest BCUT2D eigenvalue weighted by atomic mass is 10.2. The molecule has 0 amide bonds. The molecule has 0 unspecified atom stereocenters. The van der Waals surface area contributed by atoms with Gasteiger partial charge in [0.2, 0.25) is 0 Å². The van der Waals surface area contributed by atoms with Gasteiger partial charge in [-0.1, -0.05) is 18.2 Å². The SMILES string of the molecule is O=[N+]([O-])c1ccccc1CNCc1cscn1. The van der Waals surface area contributed by atoms with E-state index in [9.17, 15) is 10.1 Å². The molecule has 1 N–H and O–H groups in total. The number of aromatic nitrogens is 1. The fourth-order valence-corrected chi connectivity index (χ4v) is 2.05. The predicted molar refractivity (Wildman–Crippen MR) is 65.8 cm³/mol. The van der Waals surface area contributed by atoms with E-state index in [1.54, 1.807) is 23.7 Å². The molecule has 0 aliphatic heterocycles. The van der Waals surface area contributed by atoms with Gasteiger partial charge in [-0.05, 0) is 0 Å². The standard InChI is InChI=1S/C11H11N3O2S/c15-14(16)11-4-2-1-3-9(11)5-12-6-10-7-17-8-13-10/h1-4,7-8,12H,5-6H2. The largest absolute Gasteiger partial charge is 0.307 e. The number of rotatable bonds is 5. The Morgan fingerprint density at radius 2 is 2.18 bits per heavy atom. The average Bonchev–Trinajstić information content (AvgIpc) is 2.82. The van der Waals surface area contributed by atoms with Crippen molar-refractivity contribution >= 4 is 17.0 Å². The van der Waals surface area contributed by atoms with Gasteiger partial charge in [0, 0.05) is 30.1 Å². The highest BCUT2D eigenvalue weighted by Gasteiger charge is 2.11. The maximum Gasteiger partial charge on any atom is 0.273 e. The van der Waals surface area contributed by atoms with E-state index >= 15 is 0 Å². The highest BCUT2D eigenvalue weighted by Crippen LogP contribution is 2.17. The molecule has 17 heavy (non-hydrogen) atoms. The molecule has 0 saturated heterocycles. The monoisotopic (exact) mass is 249 g/mol. The summed E-state index contributed by atoms with van der Waals surface area (Å²) in [5.74, 6) is 0. The zero-order chi connectivity index (χ0) is 12.1.